The zero-order valence-corrected chi connectivity index (χ0v) is 12.3. The summed E-state index contributed by atoms with van der Waals surface area (Å²) in [5.74, 6) is -1.29. The highest BCUT2D eigenvalue weighted by Crippen LogP contribution is 2.28. The summed E-state index contributed by atoms with van der Waals surface area (Å²) in [6.45, 7) is -0.0206. The smallest absolute Gasteiger partial charge is 0.334 e. The molecule has 110 valence electrons. The van der Waals surface area contributed by atoms with Gasteiger partial charge < -0.3 is 15.2 Å². The van der Waals surface area contributed by atoms with Gasteiger partial charge in [0.25, 0.3) is 5.91 Å². The van der Waals surface area contributed by atoms with E-state index >= 15 is 0 Å². The van der Waals surface area contributed by atoms with Gasteiger partial charge in [0.05, 0.1) is 11.4 Å². The Morgan fingerprint density at radius 2 is 2.15 bits per heavy atom. The van der Waals surface area contributed by atoms with Gasteiger partial charge in [-0.2, -0.15) is 0 Å². The zero-order valence-electron chi connectivity index (χ0n) is 11.5. The van der Waals surface area contributed by atoms with E-state index in [0.29, 0.717) is 4.88 Å². The van der Waals surface area contributed by atoms with Crippen molar-refractivity contribution in [3.8, 4) is 0 Å². The Hall–Kier alpha value is -1.40. The number of thiophene rings is 1. The van der Waals surface area contributed by atoms with Gasteiger partial charge in [-0.25, -0.2) is 4.79 Å². The minimum atomic E-state index is -1.07. The molecule has 0 bridgehead atoms. The number of carboxylic acids is 1. The van der Waals surface area contributed by atoms with Crippen LogP contribution in [0.15, 0.2) is 6.07 Å². The van der Waals surface area contributed by atoms with Crippen LogP contribution in [0.2, 0.25) is 0 Å². The van der Waals surface area contributed by atoms with Crippen molar-refractivity contribution in [2.24, 2.45) is 0 Å². The van der Waals surface area contributed by atoms with Crippen LogP contribution in [0, 0.1) is 0 Å². The van der Waals surface area contributed by atoms with Crippen molar-refractivity contribution < 1.29 is 19.4 Å². The van der Waals surface area contributed by atoms with E-state index < -0.39 is 12.1 Å². The summed E-state index contributed by atoms with van der Waals surface area (Å²) in [5, 5.41) is 11.5. The van der Waals surface area contributed by atoms with Crippen molar-refractivity contribution in [2.75, 3.05) is 13.7 Å². The first kappa shape index (κ1) is 15.0. The van der Waals surface area contributed by atoms with Gasteiger partial charge in [0, 0.05) is 12.0 Å². The largest absolute Gasteiger partial charge is 0.479 e. The molecule has 1 aromatic rings. The van der Waals surface area contributed by atoms with E-state index in [2.05, 4.69) is 5.32 Å². The fraction of sp³-hybridized carbons (Fsp3) is 0.571. The van der Waals surface area contributed by atoms with Crippen molar-refractivity contribution >= 4 is 23.2 Å². The minimum Gasteiger partial charge on any atom is -0.479 e. The average molecular weight is 297 g/mol. The SMILES string of the molecule is COC(CNC(=O)c1cc2c(s1)CCCCC2)C(=O)O. The van der Waals surface area contributed by atoms with E-state index in [1.165, 1.54) is 48.1 Å². The molecular formula is C14H19NO4S. The lowest BCUT2D eigenvalue weighted by Crippen LogP contribution is -2.37. The normalized spacial score (nSPS) is 16.1. The van der Waals surface area contributed by atoms with E-state index in [-0.39, 0.29) is 12.5 Å². The monoisotopic (exact) mass is 297 g/mol. The molecule has 1 aliphatic carbocycles. The number of nitrogens with one attached hydrogen (secondary N) is 1. The summed E-state index contributed by atoms with van der Waals surface area (Å²) in [7, 11) is 1.32. The van der Waals surface area contributed by atoms with Gasteiger partial charge in [-0.3, -0.25) is 4.79 Å². The summed E-state index contributed by atoms with van der Waals surface area (Å²) in [6.07, 6.45) is 4.68. The number of fused-ring (bicyclic) bond motifs is 1. The Morgan fingerprint density at radius 3 is 2.85 bits per heavy atom. The van der Waals surface area contributed by atoms with E-state index in [4.69, 9.17) is 9.84 Å². The third-order valence-corrected chi connectivity index (χ3v) is 4.71. The van der Waals surface area contributed by atoms with Gasteiger partial charge in [-0.05, 0) is 37.3 Å². The first-order valence-electron chi connectivity index (χ1n) is 6.77. The van der Waals surface area contributed by atoms with Crippen molar-refractivity contribution in [3.05, 3.63) is 21.4 Å². The highest BCUT2D eigenvalue weighted by molar-refractivity contribution is 7.14. The maximum atomic E-state index is 12.0. The number of hydrogen-bond acceptors (Lipinski definition) is 4. The second kappa shape index (κ2) is 6.85. The number of ether oxygens (including phenoxy) is 1. The molecule has 0 aliphatic heterocycles. The Bertz CT molecular complexity index is 474. The van der Waals surface area contributed by atoms with Crippen molar-refractivity contribution in [1.29, 1.82) is 0 Å². The molecule has 1 amide bonds. The summed E-state index contributed by atoms with van der Waals surface area (Å²) in [5.41, 5.74) is 1.28. The lowest BCUT2D eigenvalue weighted by atomic mass is 10.1. The predicted molar refractivity (Wildman–Crippen MR) is 76.3 cm³/mol. The number of aliphatic carboxylic acids is 1. The second-order valence-corrected chi connectivity index (χ2v) is 6.03. The fourth-order valence-electron chi connectivity index (χ4n) is 2.32. The number of amides is 1. The molecule has 5 nitrogen and oxygen atoms in total. The molecule has 2 N–H and O–H groups in total. The maximum absolute atomic E-state index is 12.0. The van der Waals surface area contributed by atoms with Crippen LogP contribution in [0.4, 0.5) is 0 Å². The number of methoxy groups -OCH3 is 1. The van der Waals surface area contributed by atoms with Gasteiger partial charge >= 0.3 is 5.97 Å². The van der Waals surface area contributed by atoms with E-state index in [0.717, 1.165) is 12.8 Å². The number of carboxylic acid groups (broad SMARTS) is 1. The predicted octanol–water partition coefficient (Wildman–Crippen LogP) is 1.85. The van der Waals surface area contributed by atoms with Crippen LogP contribution in [0.25, 0.3) is 0 Å². The standard InChI is InChI=1S/C14H19NO4S/c1-19-10(14(17)18)8-15-13(16)12-7-9-5-3-2-4-6-11(9)20-12/h7,10H,2-6,8H2,1H3,(H,15,16)(H,17,18). The molecule has 0 fully saturated rings. The Morgan fingerprint density at radius 1 is 1.40 bits per heavy atom. The lowest BCUT2D eigenvalue weighted by Gasteiger charge is -2.10. The van der Waals surface area contributed by atoms with Gasteiger partial charge in [0.1, 0.15) is 0 Å². The van der Waals surface area contributed by atoms with E-state index in [9.17, 15) is 9.59 Å². The molecule has 0 spiro atoms. The van der Waals surface area contributed by atoms with Crippen molar-refractivity contribution in [2.45, 2.75) is 38.2 Å². The molecule has 1 heterocycles. The number of carbonyl (C=O) groups excluding carboxylic acids is 1. The van der Waals surface area contributed by atoms with Gasteiger partial charge in [0.2, 0.25) is 0 Å². The van der Waals surface area contributed by atoms with Crippen LogP contribution in [0.5, 0.6) is 0 Å². The molecule has 1 atom stereocenters. The van der Waals surface area contributed by atoms with Crippen LogP contribution in [0.1, 0.15) is 39.4 Å². The number of rotatable bonds is 5. The third-order valence-electron chi connectivity index (χ3n) is 3.48. The molecule has 1 aliphatic rings. The van der Waals surface area contributed by atoms with Crippen molar-refractivity contribution in [1.82, 2.24) is 5.32 Å². The molecule has 2 rings (SSSR count). The molecule has 1 unspecified atom stereocenters. The molecule has 0 saturated carbocycles. The first-order valence-corrected chi connectivity index (χ1v) is 7.59. The Kier molecular flexibility index (Phi) is 5.14. The van der Waals surface area contributed by atoms with Crippen LogP contribution in [0.3, 0.4) is 0 Å². The Balaban J connectivity index is 1.97. The Labute approximate surface area is 121 Å². The van der Waals surface area contributed by atoms with Crippen LogP contribution in [-0.4, -0.2) is 36.7 Å². The van der Waals surface area contributed by atoms with Gasteiger partial charge in [-0.1, -0.05) is 6.42 Å². The zero-order chi connectivity index (χ0) is 14.5. The van der Waals surface area contributed by atoms with Crippen molar-refractivity contribution in [3.63, 3.8) is 0 Å². The quantitative estimate of drug-likeness (QED) is 0.813. The molecule has 20 heavy (non-hydrogen) atoms. The molecule has 0 radical (unpaired) electrons. The second-order valence-electron chi connectivity index (χ2n) is 4.89. The molecule has 1 aromatic heterocycles. The average Bonchev–Trinajstić information content (AvgIpc) is 2.70. The molecule has 0 aromatic carbocycles. The lowest BCUT2D eigenvalue weighted by molar-refractivity contribution is -0.147. The molecular weight excluding hydrogens is 278 g/mol. The number of hydrogen-bond donors (Lipinski definition) is 2. The highest BCUT2D eigenvalue weighted by atomic mass is 32.1. The third kappa shape index (κ3) is 3.58. The molecule has 6 heteroatoms. The van der Waals surface area contributed by atoms with Crippen LogP contribution >= 0.6 is 11.3 Å². The molecule has 0 saturated heterocycles. The van der Waals surface area contributed by atoms with Gasteiger partial charge in [-0.15, -0.1) is 11.3 Å². The summed E-state index contributed by atoms with van der Waals surface area (Å²) in [6, 6.07) is 1.95. The minimum absolute atomic E-state index is 0.0206. The van der Waals surface area contributed by atoms with Gasteiger partial charge in [0.15, 0.2) is 6.10 Å². The van der Waals surface area contributed by atoms with E-state index in [1.54, 1.807) is 0 Å². The summed E-state index contributed by atoms with van der Waals surface area (Å²) >= 11 is 1.52. The summed E-state index contributed by atoms with van der Waals surface area (Å²) in [4.78, 5) is 24.8. The number of aryl methyl sites for hydroxylation is 2. The van der Waals surface area contributed by atoms with Crippen LogP contribution < -0.4 is 5.32 Å². The summed E-state index contributed by atoms with van der Waals surface area (Å²) < 4.78 is 4.78. The highest BCUT2D eigenvalue weighted by Gasteiger charge is 2.20. The fourth-order valence-corrected chi connectivity index (χ4v) is 3.49. The first-order chi connectivity index (χ1) is 9.61. The van der Waals surface area contributed by atoms with E-state index in [1.807, 2.05) is 6.07 Å². The maximum Gasteiger partial charge on any atom is 0.334 e. The topological polar surface area (TPSA) is 75.6 Å². The van der Waals surface area contributed by atoms with Crippen LogP contribution in [-0.2, 0) is 22.4 Å². The number of carbonyl (C=O) groups is 2.